The zero-order chi connectivity index (χ0) is 13.1. The molecule has 18 heavy (non-hydrogen) atoms. The molecular formula is C14H12BrFO2. The van der Waals surface area contributed by atoms with Gasteiger partial charge in [0.25, 0.3) is 0 Å². The van der Waals surface area contributed by atoms with Crippen LogP contribution in [0.3, 0.4) is 0 Å². The molecule has 0 saturated carbocycles. The highest BCUT2D eigenvalue weighted by molar-refractivity contribution is 9.10. The number of hydrogen-bond acceptors (Lipinski definition) is 2. The minimum Gasteiger partial charge on any atom is -0.456 e. The maximum Gasteiger partial charge on any atom is 0.141 e. The molecule has 2 aromatic carbocycles. The van der Waals surface area contributed by atoms with E-state index in [1.807, 2.05) is 18.2 Å². The molecule has 2 nitrogen and oxygen atoms in total. The molecule has 0 fully saturated rings. The van der Waals surface area contributed by atoms with Gasteiger partial charge in [0.05, 0.1) is 10.6 Å². The molecule has 4 heteroatoms. The Morgan fingerprint density at radius 3 is 2.56 bits per heavy atom. The van der Waals surface area contributed by atoms with Crippen molar-refractivity contribution in [3.05, 3.63) is 58.3 Å². The van der Waals surface area contributed by atoms with Gasteiger partial charge in [-0.25, -0.2) is 4.39 Å². The van der Waals surface area contributed by atoms with Crippen LogP contribution < -0.4 is 4.74 Å². The molecule has 0 radical (unpaired) electrons. The monoisotopic (exact) mass is 310 g/mol. The van der Waals surface area contributed by atoms with E-state index in [2.05, 4.69) is 15.9 Å². The Morgan fingerprint density at radius 1 is 1.17 bits per heavy atom. The van der Waals surface area contributed by atoms with Crippen LogP contribution in [0.2, 0.25) is 0 Å². The van der Waals surface area contributed by atoms with Gasteiger partial charge in [-0.15, -0.1) is 0 Å². The van der Waals surface area contributed by atoms with Gasteiger partial charge in [-0.1, -0.05) is 12.1 Å². The van der Waals surface area contributed by atoms with Crippen LogP contribution >= 0.6 is 15.9 Å². The Balaban J connectivity index is 2.37. The number of para-hydroxylation sites is 1. The molecule has 0 bridgehead atoms. The molecule has 0 heterocycles. The first kappa shape index (κ1) is 13.1. The molecule has 0 spiro atoms. The largest absolute Gasteiger partial charge is 0.456 e. The summed E-state index contributed by atoms with van der Waals surface area (Å²) in [6.45, 7) is 1.57. The summed E-state index contributed by atoms with van der Waals surface area (Å²) in [6, 6.07) is 11.4. The molecule has 0 aliphatic heterocycles. The molecule has 0 aliphatic rings. The van der Waals surface area contributed by atoms with Crippen molar-refractivity contribution in [3.63, 3.8) is 0 Å². The third-order valence-electron chi connectivity index (χ3n) is 2.48. The normalized spacial score (nSPS) is 12.2. The van der Waals surface area contributed by atoms with E-state index in [0.717, 1.165) is 4.47 Å². The summed E-state index contributed by atoms with van der Waals surface area (Å²) in [7, 11) is 0. The molecule has 1 N–H and O–H groups in total. The van der Waals surface area contributed by atoms with Crippen LogP contribution in [0.1, 0.15) is 18.6 Å². The second kappa shape index (κ2) is 5.50. The SMILES string of the molecule is C[C@H](O)c1cc(F)ccc1Oc1ccccc1Br. The number of benzene rings is 2. The zero-order valence-corrected chi connectivity index (χ0v) is 11.3. The number of aliphatic hydroxyl groups excluding tert-OH is 1. The molecule has 2 aromatic rings. The van der Waals surface area contributed by atoms with E-state index in [0.29, 0.717) is 17.1 Å². The molecular weight excluding hydrogens is 299 g/mol. The molecule has 1 atom stereocenters. The van der Waals surface area contributed by atoms with E-state index in [1.165, 1.54) is 18.2 Å². The van der Waals surface area contributed by atoms with Crippen molar-refractivity contribution in [1.29, 1.82) is 0 Å². The van der Waals surface area contributed by atoms with Gasteiger partial charge in [0, 0.05) is 5.56 Å². The Morgan fingerprint density at radius 2 is 1.89 bits per heavy atom. The highest BCUT2D eigenvalue weighted by Gasteiger charge is 2.12. The van der Waals surface area contributed by atoms with E-state index in [-0.39, 0.29) is 0 Å². The van der Waals surface area contributed by atoms with Crippen LogP contribution in [0.15, 0.2) is 46.9 Å². The Hall–Kier alpha value is -1.39. The van der Waals surface area contributed by atoms with Gasteiger partial charge in [0.1, 0.15) is 17.3 Å². The summed E-state index contributed by atoms with van der Waals surface area (Å²) in [5.41, 5.74) is 0.422. The molecule has 0 aliphatic carbocycles. The van der Waals surface area contributed by atoms with Gasteiger partial charge in [0.2, 0.25) is 0 Å². The minimum atomic E-state index is -0.793. The molecule has 0 aromatic heterocycles. The fourth-order valence-corrected chi connectivity index (χ4v) is 1.95. The first-order valence-electron chi connectivity index (χ1n) is 5.48. The average molecular weight is 311 g/mol. The van der Waals surface area contributed by atoms with Crippen LogP contribution in [0.4, 0.5) is 4.39 Å². The quantitative estimate of drug-likeness (QED) is 0.908. The highest BCUT2D eigenvalue weighted by atomic mass is 79.9. The average Bonchev–Trinajstić information content (AvgIpc) is 2.34. The number of aliphatic hydroxyl groups is 1. The van der Waals surface area contributed by atoms with Crippen molar-refractivity contribution in [1.82, 2.24) is 0 Å². The Kier molecular flexibility index (Phi) is 3.99. The summed E-state index contributed by atoms with van der Waals surface area (Å²) in [5, 5.41) is 9.62. The second-order valence-electron chi connectivity index (χ2n) is 3.89. The standard InChI is InChI=1S/C14H12BrFO2/c1-9(17)11-8-10(16)6-7-13(11)18-14-5-3-2-4-12(14)15/h2-9,17H,1H3/t9-/m0/s1. The summed E-state index contributed by atoms with van der Waals surface area (Å²) < 4.78 is 19.6. The van der Waals surface area contributed by atoms with Crippen molar-refractivity contribution in [2.45, 2.75) is 13.0 Å². The van der Waals surface area contributed by atoms with E-state index in [4.69, 9.17) is 4.74 Å². The maximum absolute atomic E-state index is 13.1. The van der Waals surface area contributed by atoms with E-state index < -0.39 is 11.9 Å². The Bertz CT molecular complexity index is 555. The molecule has 94 valence electrons. The van der Waals surface area contributed by atoms with Gasteiger partial charge < -0.3 is 9.84 Å². The van der Waals surface area contributed by atoms with Crippen LogP contribution in [0.25, 0.3) is 0 Å². The number of ether oxygens (including phenoxy) is 1. The van der Waals surface area contributed by atoms with Crippen LogP contribution in [-0.2, 0) is 0 Å². The van der Waals surface area contributed by atoms with Gasteiger partial charge in [-0.3, -0.25) is 0 Å². The van der Waals surface area contributed by atoms with Crippen molar-refractivity contribution >= 4 is 15.9 Å². The third kappa shape index (κ3) is 2.89. The lowest BCUT2D eigenvalue weighted by Gasteiger charge is -2.14. The fraction of sp³-hybridized carbons (Fsp3) is 0.143. The van der Waals surface area contributed by atoms with Gasteiger partial charge in [-0.2, -0.15) is 0 Å². The summed E-state index contributed by atoms with van der Waals surface area (Å²) in [6.07, 6.45) is -0.793. The van der Waals surface area contributed by atoms with E-state index in [9.17, 15) is 9.50 Å². The lowest BCUT2D eigenvalue weighted by Crippen LogP contribution is -1.97. The van der Waals surface area contributed by atoms with Crippen LogP contribution in [0.5, 0.6) is 11.5 Å². The van der Waals surface area contributed by atoms with Crippen molar-refractivity contribution in [2.24, 2.45) is 0 Å². The summed E-state index contributed by atoms with van der Waals surface area (Å²) in [5.74, 6) is 0.662. The predicted octanol–water partition coefficient (Wildman–Crippen LogP) is 4.43. The molecule has 0 unspecified atom stereocenters. The van der Waals surface area contributed by atoms with Crippen molar-refractivity contribution < 1.29 is 14.2 Å². The topological polar surface area (TPSA) is 29.5 Å². The summed E-state index contributed by atoms with van der Waals surface area (Å²) >= 11 is 3.37. The fourth-order valence-electron chi connectivity index (χ4n) is 1.58. The lowest BCUT2D eigenvalue weighted by molar-refractivity contribution is 0.195. The first-order valence-corrected chi connectivity index (χ1v) is 6.27. The Labute approximate surface area is 113 Å². The van der Waals surface area contributed by atoms with Gasteiger partial charge in [0.15, 0.2) is 0 Å². The zero-order valence-electron chi connectivity index (χ0n) is 9.73. The van der Waals surface area contributed by atoms with Gasteiger partial charge >= 0.3 is 0 Å². The van der Waals surface area contributed by atoms with E-state index >= 15 is 0 Å². The van der Waals surface area contributed by atoms with Gasteiger partial charge in [-0.05, 0) is 53.2 Å². The lowest BCUT2D eigenvalue weighted by atomic mass is 10.1. The maximum atomic E-state index is 13.1. The molecule has 0 amide bonds. The minimum absolute atomic E-state index is 0.398. The number of rotatable bonds is 3. The summed E-state index contributed by atoms with van der Waals surface area (Å²) in [4.78, 5) is 0. The second-order valence-corrected chi connectivity index (χ2v) is 4.74. The first-order chi connectivity index (χ1) is 8.58. The molecule has 2 rings (SSSR count). The number of halogens is 2. The van der Waals surface area contributed by atoms with Crippen LogP contribution in [-0.4, -0.2) is 5.11 Å². The van der Waals surface area contributed by atoms with Crippen LogP contribution in [0, 0.1) is 5.82 Å². The van der Waals surface area contributed by atoms with Crippen molar-refractivity contribution in [2.75, 3.05) is 0 Å². The molecule has 0 saturated heterocycles. The predicted molar refractivity (Wildman–Crippen MR) is 71.2 cm³/mol. The van der Waals surface area contributed by atoms with E-state index in [1.54, 1.807) is 13.0 Å². The van der Waals surface area contributed by atoms with Crippen molar-refractivity contribution in [3.8, 4) is 11.5 Å². The third-order valence-corrected chi connectivity index (χ3v) is 3.13. The number of hydrogen-bond donors (Lipinski definition) is 1. The highest BCUT2D eigenvalue weighted by Crippen LogP contribution is 2.33. The smallest absolute Gasteiger partial charge is 0.141 e.